The van der Waals surface area contributed by atoms with Gasteiger partial charge >= 0.3 is 0 Å². The highest BCUT2D eigenvalue weighted by atomic mass is 79.9. The lowest BCUT2D eigenvalue weighted by molar-refractivity contribution is 0.103. The van der Waals surface area contributed by atoms with E-state index in [4.69, 9.17) is 9.47 Å². The third-order valence-electron chi connectivity index (χ3n) is 2.91. The van der Waals surface area contributed by atoms with Gasteiger partial charge in [0.1, 0.15) is 17.3 Å². The van der Waals surface area contributed by atoms with E-state index in [0.717, 1.165) is 0 Å². The Morgan fingerprint density at radius 1 is 1.00 bits per heavy atom. The first-order valence-electron chi connectivity index (χ1n) is 5.89. The Morgan fingerprint density at radius 2 is 1.67 bits per heavy atom. The van der Waals surface area contributed by atoms with Crippen molar-refractivity contribution >= 4 is 37.6 Å². The molecule has 0 heterocycles. The number of ketones is 1. The maximum Gasteiger partial charge on any atom is 0.199 e. The van der Waals surface area contributed by atoms with E-state index in [1.807, 2.05) is 0 Å². The average Bonchev–Trinajstić information content (AvgIpc) is 2.49. The lowest BCUT2D eigenvalue weighted by Crippen LogP contribution is -2.07. The Morgan fingerprint density at radius 3 is 2.29 bits per heavy atom. The number of carbonyl (C=O) groups is 1. The zero-order chi connectivity index (χ0) is 15.6. The number of ether oxygens (including phenoxy) is 2. The number of rotatable bonds is 4. The second-order valence-electron chi connectivity index (χ2n) is 4.12. The van der Waals surface area contributed by atoms with Gasteiger partial charge in [0.15, 0.2) is 5.78 Å². The number of hydrogen-bond acceptors (Lipinski definition) is 3. The van der Waals surface area contributed by atoms with Crippen LogP contribution in [0.5, 0.6) is 11.5 Å². The van der Waals surface area contributed by atoms with E-state index in [9.17, 15) is 9.18 Å². The molecule has 0 radical (unpaired) electrons. The van der Waals surface area contributed by atoms with Crippen LogP contribution in [0.15, 0.2) is 39.3 Å². The molecule has 0 aliphatic heterocycles. The molecule has 0 aliphatic rings. The number of hydrogen-bond donors (Lipinski definition) is 0. The predicted molar refractivity (Wildman–Crippen MR) is 84.8 cm³/mol. The molecule has 0 unspecified atom stereocenters. The zero-order valence-corrected chi connectivity index (χ0v) is 14.4. The quantitative estimate of drug-likeness (QED) is 0.682. The minimum absolute atomic E-state index is 0.0351. The first kappa shape index (κ1) is 16.0. The van der Waals surface area contributed by atoms with Crippen LogP contribution in [-0.2, 0) is 0 Å². The monoisotopic (exact) mass is 416 g/mol. The van der Waals surface area contributed by atoms with Crippen molar-refractivity contribution in [2.45, 2.75) is 0 Å². The second-order valence-corrected chi connectivity index (χ2v) is 5.83. The summed E-state index contributed by atoms with van der Waals surface area (Å²) < 4.78 is 25.3. The Labute approximate surface area is 138 Å². The number of carbonyl (C=O) groups excluding carboxylic acids is 1. The zero-order valence-electron chi connectivity index (χ0n) is 11.2. The largest absolute Gasteiger partial charge is 0.496 e. The van der Waals surface area contributed by atoms with Crippen LogP contribution >= 0.6 is 31.9 Å². The summed E-state index contributed by atoms with van der Waals surface area (Å²) in [4.78, 5) is 12.6. The number of benzene rings is 2. The molecule has 0 amide bonds. The Bertz CT molecular complexity index is 702. The van der Waals surface area contributed by atoms with E-state index in [0.29, 0.717) is 16.0 Å². The van der Waals surface area contributed by atoms with Crippen molar-refractivity contribution in [3.8, 4) is 11.5 Å². The van der Waals surface area contributed by atoms with Gasteiger partial charge in [0.05, 0.1) is 34.3 Å². The number of halogens is 3. The lowest BCUT2D eigenvalue weighted by atomic mass is 10.0. The fourth-order valence-corrected chi connectivity index (χ4v) is 2.71. The van der Waals surface area contributed by atoms with Gasteiger partial charge in [-0.3, -0.25) is 4.79 Å². The Kier molecular flexibility index (Phi) is 5.00. The van der Waals surface area contributed by atoms with Gasteiger partial charge in [-0.15, -0.1) is 0 Å². The van der Waals surface area contributed by atoms with Crippen molar-refractivity contribution < 1.29 is 18.7 Å². The van der Waals surface area contributed by atoms with Crippen LogP contribution in [0, 0.1) is 5.82 Å². The summed E-state index contributed by atoms with van der Waals surface area (Å²) in [5.41, 5.74) is 0.196. The van der Waals surface area contributed by atoms with Gasteiger partial charge < -0.3 is 9.47 Å². The van der Waals surface area contributed by atoms with Crippen molar-refractivity contribution in [1.82, 2.24) is 0 Å². The standard InChI is InChI=1S/C15H11Br2FO3/c1-20-12-7-11(17)13(21-2)6-9(12)15(19)8-4-3-5-10(16)14(8)18/h3-7H,1-2H3. The van der Waals surface area contributed by atoms with Crippen molar-refractivity contribution in [2.24, 2.45) is 0 Å². The molecule has 0 fully saturated rings. The van der Waals surface area contributed by atoms with Crippen molar-refractivity contribution in [2.75, 3.05) is 14.2 Å². The fraction of sp³-hybridized carbons (Fsp3) is 0.133. The summed E-state index contributed by atoms with van der Waals surface area (Å²) in [6, 6.07) is 7.69. The van der Waals surface area contributed by atoms with E-state index in [-0.39, 0.29) is 15.6 Å². The molecule has 0 atom stereocenters. The van der Waals surface area contributed by atoms with Crippen LogP contribution in [0.25, 0.3) is 0 Å². The fourth-order valence-electron chi connectivity index (χ4n) is 1.86. The van der Waals surface area contributed by atoms with Gasteiger partial charge in [-0.25, -0.2) is 4.39 Å². The highest BCUT2D eigenvalue weighted by molar-refractivity contribution is 9.10. The molecule has 2 rings (SSSR count). The summed E-state index contributed by atoms with van der Waals surface area (Å²) >= 11 is 6.39. The van der Waals surface area contributed by atoms with Gasteiger partial charge in [-0.05, 0) is 56.1 Å². The summed E-state index contributed by atoms with van der Waals surface area (Å²) in [7, 11) is 2.93. The maximum absolute atomic E-state index is 14.1. The van der Waals surface area contributed by atoms with E-state index < -0.39 is 11.6 Å². The van der Waals surface area contributed by atoms with Gasteiger partial charge in [-0.1, -0.05) is 6.07 Å². The maximum atomic E-state index is 14.1. The van der Waals surface area contributed by atoms with Crippen LogP contribution < -0.4 is 9.47 Å². The topological polar surface area (TPSA) is 35.5 Å². The van der Waals surface area contributed by atoms with Crippen LogP contribution in [0.2, 0.25) is 0 Å². The summed E-state index contributed by atoms with van der Waals surface area (Å²) in [6.45, 7) is 0. The molecule has 110 valence electrons. The second kappa shape index (κ2) is 6.58. The molecular weight excluding hydrogens is 407 g/mol. The minimum Gasteiger partial charge on any atom is -0.496 e. The van der Waals surface area contributed by atoms with E-state index in [2.05, 4.69) is 31.9 Å². The van der Waals surface area contributed by atoms with E-state index in [1.165, 1.54) is 32.4 Å². The molecule has 0 saturated carbocycles. The molecule has 0 spiro atoms. The molecule has 0 bridgehead atoms. The molecule has 2 aromatic carbocycles. The summed E-state index contributed by atoms with van der Waals surface area (Å²) in [6.07, 6.45) is 0. The SMILES string of the molecule is COc1cc(C(=O)c2cccc(Br)c2F)c(OC)cc1Br. The first-order valence-corrected chi connectivity index (χ1v) is 7.48. The molecule has 21 heavy (non-hydrogen) atoms. The summed E-state index contributed by atoms with van der Waals surface area (Å²) in [5.74, 6) is -0.274. The van der Waals surface area contributed by atoms with Crippen LogP contribution in [0.4, 0.5) is 4.39 Å². The lowest BCUT2D eigenvalue weighted by Gasteiger charge is -2.12. The first-order chi connectivity index (χ1) is 9.99. The number of methoxy groups -OCH3 is 2. The highest BCUT2D eigenvalue weighted by Crippen LogP contribution is 2.34. The third kappa shape index (κ3) is 3.11. The van der Waals surface area contributed by atoms with Gasteiger partial charge in [-0.2, -0.15) is 0 Å². The summed E-state index contributed by atoms with van der Waals surface area (Å²) in [5, 5.41) is 0. The molecular formula is C15H11Br2FO3. The normalized spacial score (nSPS) is 10.3. The van der Waals surface area contributed by atoms with Crippen molar-refractivity contribution in [3.63, 3.8) is 0 Å². The predicted octanol–water partition coefficient (Wildman–Crippen LogP) is 4.60. The highest BCUT2D eigenvalue weighted by Gasteiger charge is 2.21. The van der Waals surface area contributed by atoms with E-state index in [1.54, 1.807) is 12.1 Å². The van der Waals surface area contributed by atoms with Gasteiger partial charge in [0, 0.05) is 0 Å². The molecule has 0 aromatic heterocycles. The van der Waals surface area contributed by atoms with Crippen LogP contribution in [0.1, 0.15) is 15.9 Å². The molecule has 6 heteroatoms. The molecule has 2 aromatic rings. The van der Waals surface area contributed by atoms with Gasteiger partial charge in [0.25, 0.3) is 0 Å². The van der Waals surface area contributed by atoms with E-state index >= 15 is 0 Å². The van der Waals surface area contributed by atoms with Crippen molar-refractivity contribution in [1.29, 1.82) is 0 Å². The smallest absolute Gasteiger partial charge is 0.199 e. The molecule has 0 N–H and O–H groups in total. The molecule has 0 saturated heterocycles. The molecule has 3 nitrogen and oxygen atoms in total. The third-order valence-corrected chi connectivity index (χ3v) is 4.15. The Balaban J connectivity index is 2.60. The van der Waals surface area contributed by atoms with Gasteiger partial charge in [0.2, 0.25) is 0 Å². The van der Waals surface area contributed by atoms with Crippen LogP contribution in [0.3, 0.4) is 0 Å². The Hall–Kier alpha value is -1.40. The minimum atomic E-state index is -0.605. The van der Waals surface area contributed by atoms with Crippen LogP contribution in [-0.4, -0.2) is 20.0 Å². The van der Waals surface area contributed by atoms with Crippen molar-refractivity contribution in [3.05, 3.63) is 56.2 Å². The molecule has 0 aliphatic carbocycles. The average molecular weight is 418 g/mol.